The van der Waals surface area contributed by atoms with Crippen molar-refractivity contribution >= 4 is 30.0 Å². The van der Waals surface area contributed by atoms with Crippen LogP contribution in [0.5, 0.6) is 5.75 Å². The lowest BCUT2D eigenvalue weighted by Crippen LogP contribution is -2.34. The Bertz CT molecular complexity index is 669. The molecule has 0 saturated carbocycles. The molecule has 1 aliphatic heterocycles. The molecule has 1 aromatic carbocycles. The Hall–Kier alpha value is -2.00. The van der Waals surface area contributed by atoms with Crippen molar-refractivity contribution in [2.75, 3.05) is 32.1 Å². The molecule has 1 heterocycles. The fourth-order valence-corrected chi connectivity index (χ4v) is 2.91. The number of aryl methyl sites for hydroxylation is 1. The van der Waals surface area contributed by atoms with Gasteiger partial charge in [0.25, 0.3) is 0 Å². The Morgan fingerprint density at radius 1 is 1.35 bits per heavy atom. The van der Waals surface area contributed by atoms with Crippen LogP contribution in [0.15, 0.2) is 18.2 Å². The van der Waals surface area contributed by atoms with Crippen molar-refractivity contribution in [2.45, 2.75) is 13.1 Å². The predicted octanol–water partition coefficient (Wildman–Crippen LogP) is 2.56. The third-order valence-electron chi connectivity index (χ3n) is 4.13. The zero-order valence-corrected chi connectivity index (χ0v) is 15.0. The second-order valence-corrected chi connectivity index (χ2v) is 6.04. The first-order chi connectivity index (χ1) is 11.6. The van der Waals surface area contributed by atoms with Crippen LogP contribution in [0.3, 0.4) is 0 Å². The number of carbonyl (C=O) groups excluding carboxylic acids is 1. The second kappa shape index (κ2) is 8.59. The molecule has 1 fully saturated rings. The maximum atomic E-state index is 13.0. The summed E-state index contributed by atoms with van der Waals surface area (Å²) in [5.41, 5.74) is 1.29. The van der Waals surface area contributed by atoms with Gasteiger partial charge in [-0.15, -0.1) is 12.4 Å². The summed E-state index contributed by atoms with van der Waals surface area (Å²) in [5, 5.41) is 11.6. The number of carboxylic acids is 1. The van der Waals surface area contributed by atoms with Crippen LogP contribution in [0.4, 0.5) is 18.9 Å². The molecule has 146 valence electrons. The van der Waals surface area contributed by atoms with Crippen molar-refractivity contribution < 1.29 is 32.6 Å². The molecule has 0 aliphatic carbocycles. The highest BCUT2D eigenvalue weighted by molar-refractivity contribution is 5.93. The fourth-order valence-electron chi connectivity index (χ4n) is 2.91. The molecule has 1 aliphatic rings. The van der Waals surface area contributed by atoms with Crippen LogP contribution < -0.4 is 10.1 Å². The number of hydrogen-bond donors (Lipinski definition) is 2. The summed E-state index contributed by atoms with van der Waals surface area (Å²) in [6, 6.07) is 5.14. The molecule has 1 amide bonds. The second-order valence-electron chi connectivity index (χ2n) is 6.04. The van der Waals surface area contributed by atoms with Crippen molar-refractivity contribution in [3.63, 3.8) is 0 Å². The summed E-state index contributed by atoms with van der Waals surface area (Å²) in [5.74, 6) is -5.16. The van der Waals surface area contributed by atoms with Gasteiger partial charge >= 0.3 is 12.1 Å². The van der Waals surface area contributed by atoms with Gasteiger partial charge in [-0.3, -0.25) is 14.5 Å². The van der Waals surface area contributed by atoms with E-state index in [0.717, 1.165) is 5.56 Å². The summed E-state index contributed by atoms with van der Waals surface area (Å²) in [6.45, 7) is 0.658. The number of alkyl halides is 3. The number of nitrogens with one attached hydrogen (secondary N) is 1. The monoisotopic (exact) mass is 396 g/mol. The van der Waals surface area contributed by atoms with Crippen molar-refractivity contribution in [1.29, 1.82) is 0 Å². The van der Waals surface area contributed by atoms with Gasteiger partial charge in [0.1, 0.15) is 5.75 Å². The van der Waals surface area contributed by atoms with Crippen LogP contribution in [0.2, 0.25) is 0 Å². The third-order valence-corrected chi connectivity index (χ3v) is 4.13. The van der Waals surface area contributed by atoms with E-state index in [1.54, 1.807) is 18.2 Å². The average Bonchev–Trinajstić information content (AvgIpc) is 2.91. The zero-order valence-electron chi connectivity index (χ0n) is 14.2. The van der Waals surface area contributed by atoms with E-state index in [-0.39, 0.29) is 25.5 Å². The minimum atomic E-state index is -4.62. The van der Waals surface area contributed by atoms with Gasteiger partial charge < -0.3 is 15.2 Å². The topological polar surface area (TPSA) is 78.9 Å². The molecule has 1 saturated heterocycles. The van der Waals surface area contributed by atoms with E-state index in [4.69, 9.17) is 9.84 Å². The fraction of sp³-hybridized carbons (Fsp3) is 0.500. The summed E-state index contributed by atoms with van der Waals surface area (Å²) < 4.78 is 44.0. The predicted molar refractivity (Wildman–Crippen MR) is 90.7 cm³/mol. The Morgan fingerprint density at radius 3 is 2.50 bits per heavy atom. The number of carbonyl (C=O) groups is 2. The van der Waals surface area contributed by atoms with Gasteiger partial charge in [-0.25, -0.2) is 0 Å². The molecule has 2 rings (SSSR count). The van der Waals surface area contributed by atoms with Crippen molar-refractivity contribution in [2.24, 2.45) is 11.8 Å². The van der Waals surface area contributed by atoms with Crippen molar-refractivity contribution in [3.05, 3.63) is 23.8 Å². The molecule has 0 aromatic heterocycles. The molecule has 0 radical (unpaired) electrons. The Kier molecular flexibility index (Phi) is 7.28. The van der Waals surface area contributed by atoms with Crippen LogP contribution in [0.25, 0.3) is 0 Å². The summed E-state index contributed by atoms with van der Waals surface area (Å²) in [4.78, 5) is 24.4. The van der Waals surface area contributed by atoms with Gasteiger partial charge in [0.2, 0.25) is 5.91 Å². The lowest BCUT2D eigenvalue weighted by Gasteiger charge is -2.18. The molecule has 1 aromatic rings. The highest BCUT2D eigenvalue weighted by Gasteiger charge is 2.52. The average molecular weight is 397 g/mol. The Labute approximate surface area is 154 Å². The number of carboxylic acid groups (broad SMARTS) is 1. The lowest BCUT2D eigenvalue weighted by molar-refractivity contribution is -0.188. The molecule has 10 heteroatoms. The van der Waals surface area contributed by atoms with E-state index in [0.29, 0.717) is 11.4 Å². The summed E-state index contributed by atoms with van der Waals surface area (Å²) in [6.07, 6.45) is -4.62. The van der Waals surface area contributed by atoms with Gasteiger partial charge in [0.15, 0.2) is 0 Å². The minimum Gasteiger partial charge on any atom is -0.495 e. The number of ether oxygens (including phenoxy) is 1. The molecular weight excluding hydrogens is 377 g/mol. The number of likely N-dealkylation sites (tertiary alicyclic amines) is 1. The van der Waals surface area contributed by atoms with Gasteiger partial charge in [-0.05, 0) is 24.6 Å². The molecule has 0 bridgehead atoms. The first-order valence-corrected chi connectivity index (χ1v) is 7.58. The summed E-state index contributed by atoms with van der Waals surface area (Å²) >= 11 is 0. The third kappa shape index (κ3) is 5.25. The maximum Gasteiger partial charge on any atom is 0.393 e. The molecule has 0 unspecified atom stereocenters. The standard InChI is InChI=1S/C16H19F3N2O4.ClH/c1-9-3-4-13(25-2)12(5-9)20-14(22)8-21-6-10(15(23)24)11(7-21)16(17,18)19;/h3-5,10-11H,6-8H2,1-2H3,(H,20,22)(H,23,24);1H/t10-,11-;/m1./s1. The van der Waals surface area contributed by atoms with Crippen LogP contribution in [0.1, 0.15) is 5.56 Å². The number of aliphatic carboxylic acids is 1. The van der Waals surface area contributed by atoms with Crippen LogP contribution in [-0.2, 0) is 9.59 Å². The van der Waals surface area contributed by atoms with Gasteiger partial charge in [-0.2, -0.15) is 13.2 Å². The highest BCUT2D eigenvalue weighted by atomic mass is 35.5. The molecule has 6 nitrogen and oxygen atoms in total. The number of halogens is 4. The normalized spacial score (nSPS) is 20.3. The SMILES string of the molecule is COc1ccc(C)cc1NC(=O)CN1C[C@@H](C(F)(F)F)[C@H](C(=O)O)C1.Cl. The van der Waals surface area contributed by atoms with Gasteiger partial charge in [0, 0.05) is 13.1 Å². The Balaban J connectivity index is 0.00000338. The first kappa shape index (κ1) is 22.0. The smallest absolute Gasteiger partial charge is 0.393 e. The number of amides is 1. The van der Waals surface area contributed by atoms with E-state index in [1.807, 2.05) is 6.92 Å². The van der Waals surface area contributed by atoms with Crippen LogP contribution in [0, 0.1) is 18.8 Å². The number of nitrogens with zero attached hydrogens (tertiary/aromatic N) is 1. The molecule has 26 heavy (non-hydrogen) atoms. The highest BCUT2D eigenvalue weighted by Crippen LogP contribution is 2.37. The number of methoxy groups -OCH3 is 1. The minimum absolute atomic E-state index is 0. The zero-order chi connectivity index (χ0) is 18.8. The van der Waals surface area contributed by atoms with Crippen molar-refractivity contribution in [1.82, 2.24) is 4.90 Å². The maximum absolute atomic E-state index is 13.0. The largest absolute Gasteiger partial charge is 0.495 e. The van der Waals surface area contributed by atoms with E-state index in [2.05, 4.69) is 5.32 Å². The van der Waals surface area contributed by atoms with E-state index < -0.39 is 36.4 Å². The number of rotatable bonds is 5. The molecule has 2 atom stereocenters. The summed E-state index contributed by atoms with van der Waals surface area (Å²) in [7, 11) is 1.44. The van der Waals surface area contributed by atoms with Crippen LogP contribution in [-0.4, -0.2) is 54.8 Å². The number of benzene rings is 1. The molecular formula is C16H20ClF3N2O4. The van der Waals surface area contributed by atoms with Crippen molar-refractivity contribution in [3.8, 4) is 5.75 Å². The van der Waals surface area contributed by atoms with E-state index >= 15 is 0 Å². The van der Waals surface area contributed by atoms with Gasteiger partial charge in [0.05, 0.1) is 31.2 Å². The van der Waals surface area contributed by atoms with E-state index in [9.17, 15) is 22.8 Å². The Morgan fingerprint density at radius 2 is 2.00 bits per heavy atom. The lowest BCUT2D eigenvalue weighted by atomic mass is 9.96. The first-order valence-electron chi connectivity index (χ1n) is 7.58. The molecule has 0 spiro atoms. The quantitative estimate of drug-likeness (QED) is 0.799. The van der Waals surface area contributed by atoms with Gasteiger partial charge in [-0.1, -0.05) is 6.07 Å². The molecule has 2 N–H and O–H groups in total. The number of anilines is 1. The van der Waals surface area contributed by atoms with E-state index in [1.165, 1.54) is 12.0 Å². The van der Waals surface area contributed by atoms with Crippen LogP contribution >= 0.6 is 12.4 Å². The number of hydrogen-bond acceptors (Lipinski definition) is 4.